The summed E-state index contributed by atoms with van der Waals surface area (Å²) in [6, 6.07) is 39.0. The molecule has 0 unspecified atom stereocenters. The summed E-state index contributed by atoms with van der Waals surface area (Å²) in [6.07, 6.45) is -0.211. The fourth-order valence-corrected chi connectivity index (χ4v) is 8.58. The highest BCUT2D eigenvalue weighted by atomic mass is 16.5. The van der Waals surface area contributed by atoms with Crippen LogP contribution in [0, 0.1) is 22.7 Å². The summed E-state index contributed by atoms with van der Waals surface area (Å²) in [5, 5.41) is 28.9. The molecule has 9 heteroatoms. The van der Waals surface area contributed by atoms with Gasteiger partial charge in [-0.3, -0.25) is 9.59 Å². The van der Waals surface area contributed by atoms with E-state index in [9.17, 15) is 15.2 Å². The fourth-order valence-electron chi connectivity index (χ4n) is 8.58. The number of hydrogen-bond acceptors (Lipinski definition) is 9. The number of esters is 1. The third kappa shape index (κ3) is 6.09. The molecule has 6 aromatic rings. The zero-order valence-electron chi connectivity index (χ0n) is 31.2. The Balaban J connectivity index is 1.60. The number of nitrogens with zero attached hydrogens (tertiary/aromatic N) is 1. The van der Waals surface area contributed by atoms with Crippen LogP contribution < -0.4 is 18.9 Å². The molecule has 55 heavy (non-hydrogen) atoms. The van der Waals surface area contributed by atoms with Gasteiger partial charge in [-0.1, -0.05) is 84.9 Å². The van der Waals surface area contributed by atoms with Crippen LogP contribution in [0.5, 0.6) is 23.0 Å². The maximum absolute atomic E-state index is 15.6. The van der Waals surface area contributed by atoms with Gasteiger partial charge < -0.3 is 28.8 Å². The molecule has 5 atom stereocenters. The smallest absolute Gasteiger partial charge is 0.327 e. The molecule has 0 bridgehead atoms. The van der Waals surface area contributed by atoms with Crippen LogP contribution in [0.25, 0.3) is 21.5 Å². The van der Waals surface area contributed by atoms with Crippen LogP contribution in [-0.2, 0) is 15.1 Å². The molecule has 0 radical (unpaired) electrons. The number of nitriles is 1. The van der Waals surface area contributed by atoms with Crippen molar-refractivity contribution in [1.82, 2.24) is 0 Å². The summed E-state index contributed by atoms with van der Waals surface area (Å²) in [5.74, 6) is -3.52. The Morgan fingerprint density at radius 3 is 1.73 bits per heavy atom. The lowest BCUT2D eigenvalue weighted by atomic mass is 9.47. The highest BCUT2D eigenvalue weighted by Gasteiger charge is 2.67. The molecule has 0 spiro atoms. The maximum Gasteiger partial charge on any atom is 0.327 e. The third-order valence-electron chi connectivity index (χ3n) is 11.3. The predicted octanol–water partition coefficient (Wildman–Crippen LogP) is 8.37. The fraction of sp³-hybridized carbons (Fsp3) is 0.239. The topological polar surface area (TPSA) is 124 Å². The Kier molecular flexibility index (Phi) is 9.95. The molecule has 278 valence electrons. The number of fused-ring (bicyclic) bond motifs is 2. The first kappa shape index (κ1) is 37.0. The summed E-state index contributed by atoms with van der Waals surface area (Å²) in [4.78, 5) is 30.3. The summed E-state index contributed by atoms with van der Waals surface area (Å²) in [5.41, 5.74) is -2.36. The Morgan fingerprint density at radius 2 is 1.16 bits per heavy atom. The molecule has 1 N–H and O–H groups in total. The number of hydrogen-bond donors (Lipinski definition) is 1. The van der Waals surface area contributed by atoms with Gasteiger partial charge >= 0.3 is 5.97 Å². The van der Waals surface area contributed by atoms with Crippen molar-refractivity contribution in [2.24, 2.45) is 11.3 Å². The van der Waals surface area contributed by atoms with E-state index in [1.807, 2.05) is 72.8 Å². The number of ketones is 1. The second kappa shape index (κ2) is 14.8. The van der Waals surface area contributed by atoms with E-state index in [-0.39, 0.29) is 6.42 Å². The van der Waals surface area contributed by atoms with Gasteiger partial charge in [0.05, 0.1) is 47.5 Å². The predicted molar refractivity (Wildman–Crippen MR) is 209 cm³/mol. The lowest BCUT2D eigenvalue weighted by molar-refractivity contribution is -0.162. The summed E-state index contributed by atoms with van der Waals surface area (Å²) < 4.78 is 28.1. The molecule has 0 heterocycles. The van der Waals surface area contributed by atoms with Crippen LogP contribution in [-0.4, -0.2) is 52.4 Å². The Labute approximate surface area is 319 Å². The van der Waals surface area contributed by atoms with Crippen molar-refractivity contribution >= 4 is 33.3 Å². The molecular weight excluding hydrogens is 695 g/mol. The lowest BCUT2D eigenvalue weighted by Crippen LogP contribution is -2.59. The number of carbonyl (C=O) groups excluding carboxylic acids is 2. The minimum Gasteiger partial charge on any atom is -0.493 e. The van der Waals surface area contributed by atoms with Gasteiger partial charge in [0.2, 0.25) is 0 Å². The molecule has 1 fully saturated rings. The number of carbonyl (C=O) groups is 2. The van der Waals surface area contributed by atoms with Gasteiger partial charge in [0.1, 0.15) is 5.60 Å². The Bertz CT molecular complexity index is 2470. The Hall–Kier alpha value is -6.37. The van der Waals surface area contributed by atoms with Gasteiger partial charge in [0.15, 0.2) is 34.2 Å². The average Bonchev–Trinajstić information content (AvgIpc) is 3.24. The highest BCUT2D eigenvalue weighted by molar-refractivity contribution is 6.03. The SMILES string of the molecule is COC(=O)[C@@]1(C#N)[C@H](c2ccc(OC)c(OC)c2)C[C@@](O)(c2ccc3ccccc3c2)[C@H](C(=O)c2ccc3ccccc3c2)[C@@H]1c1ccc(OC)c(OC)c1. The second-order valence-electron chi connectivity index (χ2n) is 13.8. The summed E-state index contributed by atoms with van der Waals surface area (Å²) in [6.45, 7) is 0. The molecule has 9 nitrogen and oxygen atoms in total. The van der Waals surface area contributed by atoms with Crippen LogP contribution in [0.4, 0.5) is 0 Å². The van der Waals surface area contributed by atoms with E-state index in [0.717, 1.165) is 21.5 Å². The van der Waals surface area contributed by atoms with E-state index in [4.69, 9.17) is 23.7 Å². The third-order valence-corrected chi connectivity index (χ3v) is 11.3. The normalized spacial score (nSPS) is 22.0. The molecule has 0 aromatic heterocycles. The van der Waals surface area contributed by atoms with Crippen molar-refractivity contribution in [3.05, 3.63) is 144 Å². The van der Waals surface area contributed by atoms with Crippen molar-refractivity contribution in [3.63, 3.8) is 0 Å². The van der Waals surface area contributed by atoms with Gasteiger partial charge in [0.25, 0.3) is 0 Å². The molecule has 7 rings (SSSR count). The van der Waals surface area contributed by atoms with Crippen molar-refractivity contribution < 1.29 is 38.4 Å². The monoisotopic (exact) mass is 735 g/mol. The first-order valence-corrected chi connectivity index (χ1v) is 17.9. The number of Topliss-reactive ketones (excluding diaryl/α,β-unsaturated/α-hetero) is 1. The summed E-state index contributed by atoms with van der Waals surface area (Å²) in [7, 11) is 7.22. The van der Waals surface area contributed by atoms with E-state index in [2.05, 4.69) is 6.07 Å². The second-order valence-corrected chi connectivity index (χ2v) is 13.8. The van der Waals surface area contributed by atoms with Crippen LogP contribution >= 0.6 is 0 Å². The largest absolute Gasteiger partial charge is 0.493 e. The van der Waals surface area contributed by atoms with Gasteiger partial charge in [-0.15, -0.1) is 0 Å². The van der Waals surface area contributed by atoms with Gasteiger partial charge in [-0.2, -0.15) is 5.26 Å². The van der Waals surface area contributed by atoms with Crippen molar-refractivity contribution in [1.29, 1.82) is 5.26 Å². The van der Waals surface area contributed by atoms with E-state index in [1.165, 1.54) is 35.5 Å². The molecule has 1 saturated carbocycles. The molecule has 1 aliphatic carbocycles. The molecule has 0 amide bonds. The quantitative estimate of drug-likeness (QED) is 0.109. The number of benzene rings is 6. The number of ether oxygens (including phenoxy) is 5. The number of rotatable bonds is 10. The van der Waals surface area contributed by atoms with Crippen LogP contribution in [0.1, 0.15) is 45.3 Å². The molecule has 1 aliphatic rings. The molecule has 0 aliphatic heterocycles. The molecule has 0 saturated heterocycles. The van der Waals surface area contributed by atoms with Gasteiger partial charge in [-0.25, -0.2) is 0 Å². The lowest BCUT2D eigenvalue weighted by Gasteiger charge is -2.54. The van der Waals surface area contributed by atoms with Crippen LogP contribution in [0.15, 0.2) is 121 Å². The summed E-state index contributed by atoms with van der Waals surface area (Å²) >= 11 is 0. The molecule has 6 aromatic carbocycles. The molecular formula is C46H41NO8. The number of aliphatic hydroxyl groups is 1. The van der Waals surface area contributed by atoms with Crippen molar-refractivity contribution in [2.45, 2.75) is 23.9 Å². The zero-order valence-corrected chi connectivity index (χ0v) is 31.2. The first-order chi connectivity index (χ1) is 26.7. The van der Waals surface area contributed by atoms with Crippen molar-refractivity contribution in [2.75, 3.05) is 35.5 Å². The standard InChI is InChI=1S/C46H41NO8/c1-51-37-20-17-32(24-39(37)53-3)36-26-46(50,35-19-16-29-11-7-9-13-31(29)23-35)42(43(48)34-15-14-28-10-6-8-12-30(28)22-34)41(45(36,27-47)44(49)55-5)33-18-21-38(52-2)40(25-33)54-4/h6-25,36,41-42,50H,26H2,1-5H3/t36-,41-,42-,45-,46+/m0/s1. The maximum atomic E-state index is 15.6. The van der Waals surface area contributed by atoms with E-state index < -0.39 is 40.5 Å². The highest BCUT2D eigenvalue weighted by Crippen LogP contribution is 2.64. The van der Waals surface area contributed by atoms with Gasteiger partial charge in [0, 0.05) is 17.4 Å². The van der Waals surface area contributed by atoms with E-state index >= 15 is 4.79 Å². The van der Waals surface area contributed by atoms with Crippen LogP contribution in [0.3, 0.4) is 0 Å². The van der Waals surface area contributed by atoms with E-state index in [0.29, 0.717) is 45.3 Å². The zero-order chi connectivity index (χ0) is 38.9. The van der Waals surface area contributed by atoms with E-state index in [1.54, 1.807) is 48.5 Å². The minimum absolute atomic E-state index is 0.211. The average molecular weight is 736 g/mol. The minimum atomic E-state index is -2.08. The first-order valence-electron chi connectivity index (χ1n) is 17.9. The Morgan fingerprint density at radius 1 is 0.636 bits per heavy atom. The van der Waals surface area contributed by atoms with Gasteiger partial charge in [-0.05, 0) is 81.1 Å². The van der Waals surface area contributed by atoms with Crippen molar-refractivity contribution in [3.8, 4) is 29.1 Å². The number of methoxy groups -OCH3 is 5. The van der Waals surface area contributed by atoms with Crippen LogP contribution in [0.2, 0.25) is 0 Å².